The SMILES string of the molecule is CCCC1CC1NCc1c(C)nc2scc(C)n12. The lowest BCUT2D eigenvalue weighted by Gasteiger charge is -2.05. The molecule has 1 N–H and O–H groups in total. The molecule has 4 heteroatoms. The van der Waals surface area contributed by atoms with Crippen molar-refractivity contribution >= 4 is 16.3 Å². The summed E-state index contributed by atoms with van der Waals surface area (Å²) in [7, 11) is 0. The molecule has 2 aromatic rings. The molecule has 2 unspecified atom stereocenters. The first-order valence-corrected chi connectivity index (χ1v) is 7.74. The number of fused-ring (bicyclic) bond motifs is 1. The van der Waals surface area contributed by atoms with Gasteiger partial charge in [-0.1, -0.05) is 13.3 Å². The lowest BCUT2D eigenvalue weighted by molar-refractivity contribution is 0.591. The molecule has 3 nitrogen and oxygen atoms in total. The Morgan fingerprint density at radius 2 is 2.33 bits per heavy atom. The zero-order valence-corrected chi connectivity index (χ0v) is 12.2. The maximum Gasteiger partial charge on any atom is 0.194 e. The quantitative estimate of drug-likeness (QED) is 0.897. The molecule has 1 fully saturated rings. The van der Waals surface area contributed by atoms with Gasteiger partial charge in [-0.15, -0.1) is 11.3 Å². The molecule has 0 amide bonds. The molecule has 0 spiro atoms. The average Bonchev–Trinajstić information content (AvgIpc) is 2.87. The van der Waals surface area contributed by atoms with Crippen LogP contribution in [0, 0.1) is 19.8 Å². The van der Waals surface area contributed by atoms with Gasteiger partial charge in [-0.05, 0) is 32.6 Å². The average molecular weight is 263 g/mol. The lowest BCUT2D eigenvalue weighted by Crippen LogP contribution is -2.19. The van der Waals surface area contributed by atoms with Crippen LogP contribution in [0.5, 0.6) is 0 Å². The highest BCUT2D eigenvalue weighted by molar-refractivity contribution is 7.15. The van der Waals surface area contributed by atoms with Crippen LogP contribution >= 0.6 is 11.3 Å². The number of rotatable bonds is 5. The largest absolute Gasteiger partial charge is 0.308 e. The monoisotopic (exact) mass is 263 g/mol. The maximum absolute atomic E-state index is 4.63. The van der Waals surface area contributed by atoms with Crippen LogP contribution in [0.15, 0.2) is 5.38 Å². The standard InChI is InChI=1S/C14H21N3S/c1-4-5-11-6-12(11)15-7-13-10(3)16-14-17(13)9(2)8-18-14/h8,11-12,15H,4-7H2,1-3H3. The van der Waals surface area contributed by atoms with Crippen LogP contribution in [-0.4, -0.2) is 15.4 Å². The molecule has 1 aliphatic carbocycles. The van der Waals surface area contributed by atoms with Gasteiger partial charge in [0, 0.05) is 23.7 Å². The van der Waals surface area contributed by atoms with Gasteiger partial charge in [-0.3, -0.25) is 4.40 Å². The van der Waals surface area contributed by atoms with Crippen molar-refractivity contribution in [2.75, 3.05) is 0 Å². The van der Waals surface area contributed by atoms with Gasteiger partial charge in [-0.2, -0.15) is 0 Å². The Hall–Kier alpha value is -0.870. The molecule has 2 atom stereocenters. The molecule has 2 heterocycles. The fourth-order valence-corrected chi connectivity index (χ4v) is 3.72. The van der Waals surface area contributed by atoms with Gasteiger partial charge in [0.15, 0.2) is 4.96 Å². The van der Waals surface area contributed by atoms with Crippen LogP contribution in [0.2, 0.25) is 0 Å². The second kappa shape index (κ2) is 4.67. The van der Waals surface area contributed by atoms with Gasteiger partial charge < -0.3 is 5.32 Å². The van der Waals surface area contributed by atoms with E-state index in [0.717, 1.165) is 23.5 Å². The molecular weight excluding hydrogens is 242 g/mol. The number of nitrogens with zero attached hydrogens (tertiary/aromatic N) is 2. The Morgan fingerprint density at radius 1 is 1.50 bits per heavy atom. The molecule has 0 radical (unpaired) electrons. The number of imidazole rings is 1. The third kappa shape index (κ3) is 2.08. The van der Waals surface area contributed by atoms with Crippen LogP contribution in [0.1, 0.15) is 43.3 Å². The van der Waals surface area contributed by atoms with Crippen LogP contribution < -0.4 is 5.32 Å². The minimum atomic E-state index is 0.744. The van der Waals surface area contributed by atoms with E-state index in [1.54, 1.807) is 11.3 Å². The van der Waals surface area contributed by atoms with Gasteiger partial charge in [-0.25, -0.2) is 4.98 Å². The summed E-state index contributed by atoms with van der Waals surface area (Å²) in [6.07, 6.45) is 4.04. The van der Waals surface area contributed by atoms with Crippen molar-refractivity contribution in [3.05, 3.63) is 22.5 Å². The second-order valence-corrected chi connectivity index (χ2v) is 6.25. The maximum atomic E-state index is 4.63. The summed E-state index contributed by atoms with van der Waals surface area (Å²) in [5.41, 5.74) is 3.81. The first kappa shape index (κ1) is 12.2. The molecule has 1 saturated carbocycles. The van der Waals surface area contributed by atoms with E-state index < -0.39 is 0 Å². The first-order valence-electron chi connectivity index (χ1n) is 6.86. The Balaban J connectivity index is 1.71. The van der Waals surface area contributed by atoms with Crippen LogP contribution in [-0.2, 0) is 6.54 Å². The number of hydrogen-bond acceptors (Lipinski definition) is 3. The summed E-state index contributed by atoms with van der Waals surface area (Å²) in [5.74, 6) is 0.919. The summed E-state index contributed by atoms with van der Waals surface area (Å²) in [5, 5.41) is 5.87. The van der Waals surface area contributed by atoms with Gasteiger partial charge in [0.1, 0.15) is 0 Å². The van der Waals surface area contributed by atoms with E-state index in [4.69, 9.17) is 0 Å². The summed E-state index contributed by atoms with van der Waals surface area (Å²) >= 11 is 1.73. The number of thiazole rings is 1. The highest BCUT2D eigenvalue weighted by Crippen LogP contribution is 2.35. The predicted molar refractivity (Wildman–Crippen MR) is 76.2 cm³/mol. The minimum Gasteiger partial charge on any atom is -0.308 e. The molecule has 0 saturated heterocycles. The van der Waals surface area contributed by atoms with E-state index in [1.807, 2.05) is 0 Å². The smallest absolute Gasteiger partial charge is 0.194 e. The summed E-state index contributed by atoms with van der Waals surface area (Å²) in [6, 6.07) is 0.744. The third-order valence-electron chi connectivity index (χ3n) is 3.94. The summed E-state index contributed by atoms with van der Waals surface area (Å²) < 4.78 is 2.30. The topological polar surface area (TPSA) is 29.3 Å². The molecule has 2 aromatic heterocycles. The van der Waals surface area contributed by atoms with Crippen molar-refractivity contribution in [3.8, 4) is 0 Å². The number of aromatic nitrogens is 2. The van der Waals surface area contributed by atoms with E-state index in [0.29, 0.717) is 0 Å². The minimum absolute atomic E-state index is 0.744. The Labute approximate surface area is 112 Å². The van der Waals surface area contributed by atoms with Crippen LogP contribution in [0.25, 0.3) is 4.96 Å². The molecule has 0 aliphatic heterocycles. The Kier molecular flexibility index (Phi) is 3.16. The van der Waals surface area contributed by atoms with Crippen molar-refractivity contribution in [2.24, 2.45) is 5.92 Å². The zero-order valence-electron chi connectivity index (χ0n) is 11.4. The third-order valence-corrected chi connectivity index (χ3v) is 4.89. The zero-order chi connectivity index (χ0) is 12.7. The fourth-order valence-electron chi connectivity index (χ4n) is 2.79. The van der Waals surface area contributed by atoms with Gasteiger partial charge in [0.2, 0.25) is 0 Å². The Bertz CT molecular complexity index is 555. The number of nitrogens with one attached hydrogen (secondary N) is 1. The number of aryl methyl sites for hydroxylation is 2. The molecule has 0 aromatic carbocycles. The molecule has 1 aliphatic rings. The summed E-state index contributed by atoms with van der Waals surface area (Å²) in [4.78, 5) is 5.76. The lowest BCUT2D eigenvalue weighted by atomic mass is 10.2. The normalized spacial score (nSPS) is 22.8. The number of hydrogen-bond donors (Lipinski definition) is 1. The molecule has 3 rings (SSSR count). The highest BCUT2D eigenvalue weighted by atomic mass is 32.1. The molecule has 0 bridgehead atoms. The first-order chi connectivity index (χ1) is 8.70. The van der Waals surface area contributed by atoms with Gasteiger partial charge in [0.25, 0.3) is 0 Å². The highest BCUT2D eigenvalue weighted by Gasteiger charge is 2.35. The van der Waals surface area contributed by atoms with Crippen LogP contribution in [0.3, 0.4) is 0 Å². The van der Waals surface area contributed by atoms with Crippen molar-refractivity contribution in [3.63, 3.8) is 0 Å². The van der Waals surface area contributed by atoms with E-state index in [1.165, 1.54) is 36.3 Å². The molecular formula is C14H21N3S. The van der Waals surface area contributed by atoms with E-state index in [2.05, 4.69) is 40.9 Å². The van der Waals surface area contributed by atoms with Crippen molar-refractivity contribution in [2.45, 2.75) is 52.6 Å². The Morgan fingerprint density at radius 3 is 3.11 bits per heavy atom. The van der Waals surface area contributed by atoms with Crippen LogP contribution in [0.4, 0.5) is 0 Å². The second-order valence-electron chi connectivity index (χ2n) is 5.41. The van der Waals surface area contributed by atoms with Gasteiger partial charge in [0.05, 0.1) is 11.4 Å². The van der Waals surface area contributed by atoms with Crippen molar-refractivity contribution in [1.29, 1.82) is 0 Å². The predicted octanol–water partition coefficient (Wildman–Crippen LogP) is 3.29. The fraction of sp³-hybridized carbons (Fsp3) is 0.643. The molecule has 18 heavy (non-hydrogen) atoms. The van der Waals surface area contributed by atoms with Gasteiger partial charge >= 0.3 is 0 Å². The summed E-state index contributed by atoms with van der Waals surface area (Å²) in [6.45, 7) is 7.50. The van der Waals surface area contributed by atoms with E-state index >= 15 is 0 Å². The molecule has 98 valence electrons. The van der Waals surface area contributed by atoms with Crippen molar-refractivity contribution in [1.82, 2.24) is 14.7 Å². The van der Waals surface area contributed by atoms with E-state index in [-0.39, 0.29) is 0 Å². The van der Waals surface area contributed by atoms with Crippen molar-refractivity contribution < 1.29 is 0 Å². The van der Waals surface area contributed by atoms with E-state index in [9.17, 15) is 0 Å².